The van der Waals surface area contributed by atoms with Gasteiger partial charge in [-0.1, -0.05) is 6.92 Å². The fourth-order valence-electron chi connectivity index (χ4n) is 3.43. The number of aryl methyl sites for hydroxylation is 1. The fourth-order valence-corrected chi connectivity index (χ4v) is 3.43. The molecule has 1 unspecified atom stereocenters. The number of nitrogens with two attached hydrogens (primary N) is 1. The predicted molar refractivity (Wildman–Crippen MR) is 84.9 cm³/mol. The molecule has 20 heavy (non-hydrogen) atoms. The van der Waals surface area contributed by atoms with Gasteiger partial charge in [-0.15, -0.1) is 0 Å². The highest BCUT2D eigenvalue weighted by molar-refractivity contribution is 5.87. The summed E-state index contributed by atoms with van der Waals surface area (Å²) in [6, 6.07) is 4.99. The first-order valence-corrected chi connectivity index (χ1v) is 7.71. The van der Waals surface area contributed by atoms with Crippen LogP contribution in [0.15, 0.2) is 12.1 Å². The molecule has 1 aromatic carbocycles. The van der Waals surface area contributed by atoms with E-state index in [1.165, 1.54) is 33.3 Å². The number of aromatic nitrogens is 1. The summed E-state index contributed by atoms with van der Waals surface area (Å²) in [7, 11) is 0. The molecule has 0 fully saturated rings. The number of fused-ring (bicyclic) bond motifs is 2. The van der Waals surface area contributed by atoms with Crippen molar-refractivity contribution in [3.8, 4) is 0 Å². The summed E-state index contributed by atoms with van der Waals surface area (Å²) in [5, 5.41) is 4.86. The molecule has 1 aliphatic rings. The Morgan fingerprint density at radius 2 is 2.00 bits per heavy atom. The second-order valence-electron chi connectivity index (χ2n) is 6.14. The zero-order valence-electron chi connectivity index (χ0n) is 12.8. The molecule has 1 aromatic heterocycles. The number of rotatable bonds is 4. The van der Waals surface area contributed by atoms with Gasteiger partial charge in [0.1, 0.15) is 0 Å². The van der Waals surface area contributed by atoms with E-state index in [0.29, 0.717) is 0 Å². The highest BCUT2D eigenvalue weighted by Gasteiger charge is 2.19. The van der Waals surface area contributed by atoms with Gasteiger partial charge >= 0.3 is 0 Å². The van der Waals surface area contributed by atoms with E-state index < -0.39 is 0 Å². The van der Waals surface area contributed by atoms with Crippen molar-refractivity contribution in [3.05, 3.63) is 34.5 Å². The highest BCUT2D eigenvalue weighted by Crippen LogP contribution is 2.31. The maximum Gasteiger partial charge on any atom is 0.0488 e. The zero-order valence-corrected chi connectivity index (χ0v) is 12.8. The van der Waals surface area contributed by atoms with E-state index in [1.807, 2.05) is 0 Å². The molecule has 2 aromatic rings. The van der Waals surface area contributed by atoms with Crippen LogP contribution in [0.4, 0.5) is 0 Å². The van der Waals surface area contributed by atoms with Crippen LogP contribution in [0.25, 0.3) is 10.9 Å². The first kappa shape index (κ1) is 13.7. The third-order valence-electron chi connectivity index (χ3n) is 4.38. The number of hydrogen-bond donors (Lipinski definition) is 2. The van der Waals surface area contributed by atoms with Gasteiger partial charge < -0.3 is 15.6 Å². The molecule has 3 heteroatoms. The van der Waals surface area contributed by atoms with Gasteiger partial charge in [-0.2, -0.15) is 0 Å². The molecular formula is C17H25N3. The minimum absolute atomic E-state index is 0.209. The maximum atomic E-state index is 6.06. The first-order chi connectivity index (χ1) is 9.61. The van der Waals surface area contributed by atoms with Gasteiger partial charge in [0.05, 0.1) is 0 Å². The molecule has 3 N–H and O–H groups in total. The van der Waals surface area contributed by atoms with Gasteiger partial charge in [0.25, 0.3) is 0 Å². The third-order valence-corrected chi connectivity index (χ3v) is 4.38. The summed E-state index contributed by atoms with van der Waals surface area (Å²) in [6.45, 7) is 9.68. The Kier molecular flexibility index (Phi) is 3.57. The summed E-state index contributed by atoms with van der Waals surface area (Å²) in [6.07, 6.45) is 2.13. The summed E-state index contributed by atoms with van der Waals surface area (Å²) >= 11 is 0. The van der Waals surface area contributed by atoms with E-state index in [4.69, 9.17) is 5.73 Å². The Morgan fingerprint density at radius 1 is 1.30 bits per heavy atom. The van der Waals surface area contributed by atoms with Crippen molar-refractivity contribution in [3.63, 3.8) is 0 Å². The molecular weight excluding hydrogens is 246 g/mol. The summed E-state index contributed by atoms with van der Waals surface area (Å²) in [4.78, 5) is 0. The summed E-state index contributed by atoms with van der Waals surface area (Å²) in [5.74, 6) is 0. The molecule has 2 heterocycles. The number of nitrogens with one attached hydrogen (secondary N) is 1. The van der Waals surface area contributed by atoms with Gasteiger partial charge in [0, 0.05) is 42.3 Å². The van der Waals surface area contributed by atoms with E-state index in [0.717, 1.165) is 32.5 Å². The van der Waals surface area contributed by atoms with Crippen molar-refractivity contribution in [2.75, 3.05) is 0 Å². The van der Waals surface area contributed by atoms with Crippen LogP contribution in [0.2, 0.25) is 0 Å². The largest absolute Gasteiger partial charge is 0.345 e. The van der Waals surface area contributed by atoms with Gasteiger partial charge in [0.15, 0.2) is 0 Å². The molecule has 108 valence electrons. The highest BCUT2D eigenvalue weighted by atomic mass is 15.0. The van der Waals surface area contributed by atoms with Crippen LogP contribution in [-0.2, 0) is 26.1 Å². The molecule has 0 bridgehead atoms. The standard InChI is InChI=1S/C17H25N3/c1-4-5-20-12(3)15(6-11(2)18)16-7-13-9-19-10-14(13)8-17(16)20/h7-8,11,19H,4-6,9-10,18H2,1-3H3. The Hall–Kier alpha value is -1.32. The van der Waals surface area contributed by atoms with Crippen molar-refractivity contribution < 1.29 is 0 Å². The van der Waals surface area contributed by atoms with Crippen LogP contribution >= 0.6 is 0 Å². The van der Waals surface area contributed by atoms with Crippen molar-refractivity contribution in [2.45, 2.75) is 59.3 Å². The molecule has 3 rings (SSSR count). The maximum absolute atomic E-state index is 6.06. The summed E-state index contributed by atoms with van der Waals surface area (Å²) in [5.41, 5.74) is 13.2. The lowest BCUT2D eigenvalue weighted by atomic mass is 10.0. The molecule has 0 radical (unpaired) electrons. The van der Waals surface area contributed by atoms with E-state index in [-0.39, 0.29) is 6.04 Å². The Labute approximate surface area is 121 Å². The lowest BCUT2D eigenvalue weighted by molar-refractivity contribution is 0.672. The van der Waals surface area contributed by atoms with Crippen LogP contribution in [0, 0.1) is 6.92 Å². The number of hydrogen-bond acceptors (Lipinski definition) is 2. The fraction of sp³-hybridized carbons (Fsp3) is 0.529. The van der Waals surface area contributed by atoms with Crippen molar-refractivity contribution in [1.82, 2.24) is 9.88 Å². The molecule has 0 spiro atoms. The van der Waals surface area contributed by atoms with Crippen molar-refractivity contribution in [2.24, 2.45) is 5.73 Å². The average molecular weight is 271 g/mol. The SMILES string of the molecule is CCCn1c(C)c(CC(C)N)c2cc3c(cc21)CNC3. The quantitative estimate of drug-likeness (QED) is 0.898. The molecule has 1 aliphatic heterocycles. The second-order valence-corrected chi connectivity index (χ2v) is 6.14. The summed E-state index contributed by atoms with van der Waals surface area (Å²) < 4.78 is 2.48. The Balaban J connectivity index is 2.23. The van der Waals surface area contributed by atoms with E-state index in [1.54, 1.807) is 0 Å². The van der Waals surface area contributed by atoms with Crippen molar-refractivity contribution in [1.29, 1.82) is 0 Å². The third kappa shape index (κ3) is 2.15. The Bertz CT molecular complexity index is 637. The van der Waals surface area contributed by atoms with Crippen molar-refractivity contribution >= 4 is 10.9 Å². The lowest BCUT2D eigenvalue weighted by Gasteiger charge is -2.08. The van der Waals surface area contributed by atoms with E-state index in [2.05, 4.69) is 42.8 Å². The van der Waals surface area contributed by atoms with E-state index in [9.17, 15) is 0 Å². The van der Waals surface area contributed by atoms with E-state index >= 15 is 0 Å². The van der Waals surface area contributed by atoms with Crippen LogP contribution in [0.5, 0.6) is 0 Å². The average Bonchev–Trinajstić information content (AvgIpc) is 2.95. The lowest BCUT2D eigenvalue weighted by Crippen LogP contribution is -2.18. The molecule has 0 saturated carbocycles. The number of nitrogens with zero attached hydrogens (tertiary/aromatic N) is 1. The van der Waals surface area contributed by atoms with Crippen LogP contribution in [0.1, 0.15) is 42.7 Å². The molecule has 3 nitrogen and oxygen atoms in total. The molecule has 1 atom stereocenters. The van der Waals surface area contributed by atoms with Crippen LogP contribution in [0.3, 0.4) is 0 Å². The van der Waals surface area contributed by atoms with Gasteiger partial charge in [0.2, 0.25) is 0 Å². The topological polar surface area (TPSA) is 43.0 Å². The molecule has 0 amide bonds. The molecule has 0 aliphatic carbocycles. The Morgan fingerprint density at radius 3 is 2.65 bits per heavy atom. The minimum Gasteiger partial charge on any atom is -0.345 e. The molecule has 0 saturated heterocycles. The van der Waals surface area contributed by atoms with Crippen LogP contribution in [-0.4, -0.2) is 10.6 Å². The predicted octanol–water partition coefficient (Wildman–Crippen LogP) is 2.85. The zero-order chi connectivity index (χ0) is 14.3. The number of benzene rings is 1. The van der Waals surface area contributed by atoms with Gasteiger partial charge in [-0.05, 0) is 55.5 Å². The van der Waals surface area contributed by atoms with Crippen LogP contribution < -0.4 is 11.1 Å². The normalized spacial score (nSPS) is 15.8. The minimum atomic E-state index is 0.209. The monoisotopic (exact) mass is 271 g/mol. The first-order valence-electron chi connectivity index (χ1n) is 7.71. The smallest absolute Gasteiger partial charge is 0.0488 e. The van der Waals surface area contributed by atoms with Gasteiger partial charge in [-0.25, -0.2) is 0 Å². The van der Waals surface area contributed by atoms with Gasteiger partial charge in [-0.3, -0.25) is 0 Å². The second kappa shape index (κ2) is 5.23.